The third-order valence-electron chi connectivity index (χ3n) is 5.94. The van der Waals surface area contributed by atoms with Gasteiger partial charge >= 0.3 is 0 Å². The monoisotopic (exact) mass is 429 g/mol. The van der Waals surface area contributed by atoms with Crippen LogP contribution in [0.25, 0.3) is 0 Å². The molecule has 1 heterocycles. The first-order valence-electron chi connectivity index (χ1n) is 11.2. The van der Waals surface area contributed by atoms with Crippen LogP contribution in [0.1, 0.15) is 18.4 Å². The molecule has 0 aromatic heterocycles. The summed E-state index contributed by atoms with van der Waals surface area (Å²) in [5.41, 5.74) is 2.13. The van der Waals surface area contributed by atoms with E-state index in [1.54, 1.807) is 0 Å². The van der Waals surface area contributed by atoms with Crippen molar-refractivity contribution in [3.63, 3.8) is 0 Å². The molecule has 3 aromatic rings. The predicted octanol–water partition coefficient (Wildman–Crippen LogP) is 5.01. The molecule has 166 valence electrons. The summed E-state index contributed by atoms with van der Waals surface area (Å²) in [5, 5.41) is 3.00. The van der Waals surface area contributed by atoms with E-state index >= 15 is 0 Å². The molecule has 0 saturated carbocycles. The highest BCUT2D eigenvalue weighted by Crippen LogP contribution is 2.23. The molecule has 1 aliphatic heterocycles. The Morgan fingerprint density at radius 2 is 1.50 bits per heavy atom. The summed E-state index contributed by atoms with van der Waals surface area (Å²) in [6, 6.07) is 28.3. The van der Waals surface area contributed by atoms with E-state index in [0.717, 1.165) is 49.7 Å². The number of piperidine rings is 1. The maximum atomic E-state index is 12.5. The number of rotatable bonds is 8. The fourth-order valence-electron chi connectivity index (χ4n) is 4.15. The lowest BCUT2D eigenvalue weighted by Gasteiger charge is -2.36. The van der Waals surface area contributed by atoms with Gasteiger partial charge in [0.15, 0.2) is 0 Å². The maximum Gasteiger partial charge on any atom is 0.238 e. The Balaban J connectivity index is 1.19. The van der Waals surface area contributed by atoms with Gasteiger partial charge in [-0.1, -0.05) is 48.5 Å². The SMILES string of the molecule is CN(Cc1ccccc1)C1CCN(CC(=O)Nc2ccc(Oc3ccccc3)cc2)CC1. The number of amides is 1. The van der Waals surface area contributed by atoms with E-state index in [1.165, 1.54) is 5.56 Å². The van der Waals surface area contributed by atoms with Crippen molar-refractivity contribution in [2.24, 2.45) is 0 Å². The Labute approximate surface area is 190 Å². The smallest absolute Gasteiger partial charge is 0.238 e. The third-order valence-corrected chi connectivity index (χ3v) is 5.94. The van der Waals surface area contributed by atoms with Gasteiger partial charge in [0.1, 0.15) is 11.5 Å². The van der Waals surface area contributed by atoms with Gasteiger partial charge in [0.25, 0.3) is 0 Å². The summed E-state index contributed by atoms with van der Waals surface area (Å²) in [6.07, 6.45) is 2.17. The zero-order valence-electron chi connectivity index (χ0n) is 18.6. The number of likely N-dealkylation sites (tertiary alicyclic amines) is 1. The Morgan fingerprint density at radius 3 is 2.16 bits per heavy atom. The van der Waals surface area contributed by atoms with Gasteiger partial charge in [0.05, 0.1) is 6.54 Å². The summed E-state index contributed by atoms with van der Waals surface area (Å²) in [5.74, 6) is 1.57. The van der Waals surface area contributed by atoms with Crippen molar-refractivity contribution in [3.8, 4) is 11.5 Å². The normalized spacial score (nSPS) is 14.9. The fraction of sp³-hybridized carbons (Fsp3) is 0.296. The molecule has 5 heteroatoms. The van der Waals surface area contributed by atoms with E-state index in [0.29, 0.717) is 12.6 Å². The molecule has 1 saturated heterocycles. The lowest BCUT2D eigenvalue weighted by molar-refractivity contribution is -0.117. The second-order valence-corrected chi connectivity index (χ2v) is 8.40. The molecular formula is C27H31N3O2. The first-order valence-corrected chi connectivity index (χ1v) is 11.2. The van der Waals surface area contributed by atoms with E-state index in [4.69, 9.17) is 4.74 Å². The van der Waals surface area contributed by atoms with Crippen molar-refractivity contribution in [1.82, 2.24) is 9.80 Å². The average molecular weight is 430 g/mol. The number of ether oxygens (including phenoxy) is 1. The number of carbonyl (C=O) groups is 1. The van der Waals surface area contributed by atoms with Gasteiger partial charge in [0, 0.05) is 31.4 Å². The van der Waals surface area contributed by atoms with Gasteiger partial charge in [0.2, 0.25) is 5.91 Å². The molecule has 0 bridgehead atoms. The predicted molar refractivity (Wildman–Crippen MR) is 129 cm³/mol. The van der Waals surface area contributed by atoms with Crippen LogP contribution in [-0.2, 0) is 11.3 Å². The van der Waals surface area contributed by atoms with Crippen molar-refractivity contribution in [2.45, 2.75) is 25.4 Å². The third kappa shape index (κ3) is 6.42. The molecular weight excluding hydrogens is 398 g/mol. The van der Waals surface area contributed by atoms with Crippen LogP contribution in [0, 0.1) is 0 Å². The number of hydrogen-bond donors (Lipinski definition) is 1. The summed E-state index contributed by atoms with van der Waals surface area (Å²) < 4.78 is 5.80. The summed E-state index contributed by atoms with van der Waals surface area (Å²) >= 11 is 0. The molecule has 4 rings (SSSR count). The molecule has 1 aliphatic rings. The Kier molecular flexibility index (Phi) is 7.54. The molecule has 0 aliphatic carbocycles. The van der Waals surface area contributed by atoms with Crippen LogP contribution < -0.4 is 10.1 Å². The van der Waals surface area contributed by atoms with Crippen molar-refractivity contribution < 1.29 is 9.53 Å². The number of carbonyl (C=O) groups excluding carboxylic acids is 1. The van der Waals surface area contributed by atoms with E-state index in [1.807, 2.05) is 54.6 Å². The van der Waals surface area contributed by atoms with Crippen LogP contribution >= 0.6 is 0 Å². The molecule has 0 radical (unpaired) electrons. The minimum Gasteiger partial charge on any atom is -0.457 e. The molecule has 5 nitrogen and oxygen atoms in total. The van der Waals surface area contributed by atoms with E-state index in [-0.39, 0.29) is 5.91 Å². The lowest BCUT2D eigenvalue weighted by Crippen LogP contribution is -2.45. The summed E-state index contributed by atoms with van der Waals surface area (Å²) in [4.78, 5) is 17.2. The van der Waals surface area contributed by atoms with Crippen LogP contribution in [0.4, 0.5) is 5.69 Å². The molecule has 3 aromatic carbocycles. The molecule has 0 atom stereocenters. The minimum atomic E-state index is 0.0258. The van der Waals surface area contributed by atoms with Crippen LogP contribution in [0.2, 0.25) is 0 Å². The topological polar surface area (TPSA) is 44.8 Å². The number of benzene rings is 3. The zero-order chi connectivity index (χ0) is 22.2. The average Bonchev–Trinajstić information content (AvgIpc) is 2.82. The van der Waals surface area contributed by atoms with Crippen molar-refractivity contribution in [3.05, 3.63) is 90.5 Å². The van der Waals surface area contributed by atoms with Crippen LogP contribution in [-0.4, -0.2) is 48.4 Å². The van der Waals surface area contributed by atoms with Crippen molar-refractivity contribution in [1.29, 1.82) is 0 Å². The highest BCUT2D eigenvalue weighted by Gasteiger charge is 2.23. The summed E-state index contributed by atoms with van der Waals surface area (Å²) in [7, 11) is 2.20. The van der Waals surface area contributed by atoms with E-state index < -0.39 is 0 Å². The number of nitrogens with zero attached hydrogens (tertiary/aromatic N) is 2. The first-order chi connectivity index (χ1) is 15.7. The largest absolute Gasteiger partial charge is 0.457 e. The number of para-hydroxylation sites is 1. The maximum absolute atomic E-state index is 12.5. The van der Waals surface area contributed by atoms with Crippen LogP contribution in [0.3, 0.4) is 0 Å². The molecule has 32 heavy (non-hydrogen) atoms. The van der Waals surface area contributed by atoms with E-state index in [2.05, 4.69) is 52.5 Å². The second-order valence-electron chi connectivity index (χ2n) is 8.40. The number of hydrogen-bond acceptors (Lipinski definition) is 4. The van der Waals surface area contributed by atoms with Gasteiger partial charge in [-0.3, -0.25) is 14.6 Å². The molecule has 1 fully saturated rings. The van der Waals surface area contributed by atoms with Gasteiger partial charge in [-0.25, -0.2) is 0 Å². The lowest BCUT2D eigenvalue weighted by atomic mass is 10.0. The standard InChI is InChI=1S/C27H31N3O2/c1-29(20-22-8-4-2-5-9-22)24-16-18-30(19-17-24)21-27(31)28-23-12-14-26(15-13-23)32-25-10-6-3-7-11-25/h2-15,24H,16-21H2,1H3,(H,28,31). The van der Waals surface area contributed by atoms with Crippen molar-refractivity contribution in [2.75, 3.05) is 32.0 Å². The van der Waals surface area contributed by atoms with Gasteiger partial charge in [-0.2, -0.15) is 0 Å². The number of nitrogens with one attached hydrogen (secondary N) is 1. The fourth-order valence-corrected chi connectivity index (χ4v) is 4.15. The number of anilines is 1. The molecule has 1 N–H and O–H groups in total. The van der Waals surface area contributed by atoms with Gasteiger partial charge < -0.3 is 10.1 Å². The highest BCUT2D eigenvalue weighted by molar-refractivity contribution is 5.92. The van der Waals surface area contributed by atoms with E-state index in [9.17, 15) is 4.79 Å². The quantitative estimate of drug-likeness (QED) is 0.546. The highest BCUT2D eigenvalue weighted by atomic mass is 16.5. The summed E-state index contributed by atoms with van der Waals surface area (Å²) in [6.45, 7) is 3.29. The first kappa shape index (κ1) is 22.1. The molecule has 1 amide bonds. The zero-order valence-corrected chi connectivity index (χ0v) is 18.6. The molecule has 0 spiro atoms. The van der Waals surface area contributed by atoms with Gasteiger partial charge in [-0.15, -0.1) is 0 Å². The van der Waals surface area contributed by atoms with Crippen molar-refractivity contribution >= 4 is 11.6 Å². The van der Waals surface area contributed by atoms with Gasteiger partial charge in [-0.05, 0) is 61.9 Å². The minimum absolute atomic E-state index is 0.0258. The van der Waals surface area contributed by atoms with Crippen LogP contribution in [0.5, 0.6) is 11.5 Å². The second kappa shape index (κ2) is 10.9. The Bertz CT molecular complexity index is 969. The van der Waals surface area contributed by atoms with Crippen LogP contribution in [0.15, 0.2) is 84.9 Å². The molecule has 0 unspecified atom stereocenters. The Morgan fingerprint density at radius 1 is 0.906 bits per heavy atom. The Hall–Kier alpha value is -3.15.